The van der Waals surface area contributed by atoms with E-state index in [0.29, 0.717) is 6.07 Å². The third kappa shape index (κ3) is 2.72. The zero-order chi connectivity index (χ0) is 15.8. The fourth-order valence-electron chi connectivity index (χ4n) is 2.07. The first kappa shape index (κ1) is 15.3. The molecule has 8 nitrogen and oxygen atoms in total. The van der Waals surface area contributed by atoms with Crippen molar-refractivity contribution >= 4 is 21.6 Å². The number of hydrogen-bond acceptors (Lipinski definition) is 5. The molecule has 1 aliphatic rings. The molecule has 21 heavy (non-hydrogen) atoms. The number of carbonyl (C=O) groups is 1. The smallest absolute Gasteiger partial charge is 0.292 e. The molecule has 0 aromatic heterocycles. The van der Waals surface area contributed by atoms with Crippen molar-refractivity contribution in [1.29, 1.82) is 0 Å². The van der Waals surface area contributed by atoms with Crippen LogP contribution in [0, 0.1) is 15.9 Å². The van der Waals surface area contributed by atoms with Crippen LogP contribution in [0.2, 0.25) is 0 Å². The van der Waals surface area contributed by atoms with Crippen LogP contribution < -0.4 is 5.32 Å². The fourth-order valence-corrected chi connectivity index (χ4v) is 3.80. The minimum absolute atomic E-state index is 0.0101. The van der Waals surface area contributed by atoms with Gasteiger partial charge in [-0.25, -0.2) is 12.8 Å². The summed E-state index contributed by atoms with van der Waals surface area (Å²) in [6.07, 6.45) is 0. The van der Waals surface area contributed by atoms with Crippen LogP contribution >= 0.6 is 0 Å². The van der Waals surface area contributed by atoms with Gasteiger partial charge in [-0.05, 0) is 19.1 Å². The summed E-state index contributed by atoms with van der Waals surface area (Å²) < 4.78 is 39.0. The van der Waals surface area contributed by atoms with Gasteiger partial charge in [-0.1, -0.05) is 0 Å². The number of nitro benzene ring substituents is 1. The molecule has 1 aliphatic heterocycles. The number of piperazine rings is 1. The second kappa shape index (κ2) is 5.37. The van der Waals surface area contributed by atoms with E-state index in [1.807, 2.05) is 0 Å². The van der Waals surface area contributed by atoms with Gasteiger partial charge in [0.1, 0.15) is 11.9 Å². The molecular formula is C11H12FN3O5S. The van der Waals surface area contributed by atoms with Crippen LogP contribution in [0.3, 0.4) is 0 Å². The summed E-state index contributed by atoms with van der Waals surface area (Å²) in [5.41, 5.74) is -0.854. The highest BCUT2D eigenvalue weighted by Crippen LogP contribution is 2.28. The van der Waals surface area contributed by atoms with E-state index >= 15 is 0 Å². The maximum atomic E-state index is 13.1. The highest BCUT2D eigenvalue weighted by Gasteiger charge is 2.39. The van der Waals surface area contributed by atoms with Gasteiger partial charge < -0.3 is 5.32 Å². The van der Waals surface area contributed by atoms with Gasteiger partial charge in [-0.2, -0.15) is 4.31 Å². The zero-order valence-electron chi connectivity index (χ0n) is 10.9. The Hall–Kier alpha value is -2.07. The maximum Gasteiger partial charge on any atom is 0.292 e. The molecule has 0 aliphatic carbocycles. The summed E-state index contributed by atoms with van der Waals surface area (Å²) in [6.45, 7) is 1.47. The van der Waals surface area contributed by atoms with E-state index < -0.39 is 43.3 Å². The predicted molar refractivity (Wildman–Crippen MR) is 69.4 cm³/mol. The van der Waals surface area contributed by atoms with Crippen molar-refractivity contribution in [2.45, 2.75) is 17.9 Å². The number of benzene rings is 1. The van der Waals surface area contributed by atoms with Crippen molar-refractivity contribution < 1.29 is 22.5 Å². The van der Waals surface area contributed by atoms with Crippen LogP contribution in [0.15, 0.2) is 23.1 Å². The molecule has 1 atom stereocenters. The average Bonchev–Trinajstić information content (AvgIpc) is 2.41. The lowest BCUT2D eigenvalue weighted by Gasteiger charge is -2.31. The summed E-state index contributed by atoms with van der Waals surface area (Å²) in [7, 11) is -4.27. The largest absolute Gasteiger partial charge is 0.353 e. The van der Waals surface area contributed by atoms with Crippen molar-refractivity contribution in [2.75, 3.05) is 13.1 Å². The molecule has 1 aromatic carbocycles. The molecule has 114 valence electrons. The molecule has 1 N–H and O–H groups in total. The van der Waals surface area contributed by atoms with Gasteiger partial charge in [0.2, 0.25) is 5.91 Å². The topological polar surface area (TPSA) is 110 Å². The van der Waals surface area contributed by atoms with Gasteiger partial charge >= 0.3 is 0 Å². The van der Waals surface area contributed by atoms with E-state index in [-0.39, 0.29) is 13.1 Å². The molecule has 1 fully saturated rings. The van der Waals surface area contributed by atoms with Gasteiger partial charge in [0.25, 0.3) is 15.7 Å². The van der Waals surface area contributed by atoms with Gasteiger partial charge in [0.05, 0.1) is 11.0 Å². The van der Waals surface area contributed by atoms with Crippen LogP contribution in [0.1, 0.15) is 6.92 Å². The van der Waals surface area contributed by atoms with Crippen molar-refractivity contribution in [2.24, 2.45) is 0 Å². The average molecular weight is 317 g/mol. The van der Waals surface area contributed by atoms with Crippen LogP contribution in [-0.4, -0.2) is 42.7 Å². The monoisotopic (exact) mass is 317 g/mol. The van der Waals surface area contributed by atoms with Crippen molar-refractivity contribution in [3.8, 4) is 0 Å². The lowest BCUT2D eigenvalue weighted by Crippen LogP contribution is -2.55. The lowest BCUT2D eigenvalue weighted by atomic mass is 10.2. The number of nitro groups is 1. The Labute approximate surface area is 119 Å². The zero-order valence-corrected chi connectivity index (χ0v) is 11.8. The fraction of sp³-hybridized carbons (Fsp3) is 0.364. The third-order valence-electron chi connectivity index (χ3n) is 3.15. The van der Waals surface area contributed by atoms with E-state index in [1.54, 1.807) is 0 Å². The number of nitrogens with zero attached hydrogens (tertiary/aromatic N) is 2. The molecular weight excluding hydrogens is 305 g/mol. The van der Waals surface area contributed by atoms with Crippen molar-refractivity contribution in [3.63, 3.8) is 0 Å². The Morgan fingerprint density at radius 1 is 1.48 bits per heavy atom. The molecule has 2 rings (SSSR count). The first-order valence-electron chi connectivity index (χ1n) is 5.98. The third-order valence-corrected chi connectivity index (χ3v) is 5.16. The van der Waals surface area contributed by atoms with E-state index in [9.17, 15) is 27.7 Å². The molecule has 0 bridgehead atoms. The highest BCUT2D eigenvalue weighted by atomic mass is 32.2. The molecule has 1 amide bonds. The number of nitrogens with one attached hydrogen (secondary N) is 1. The Morgan fingerprint density at radius 3 is 2.76 bits per heavy atom. The Balaban J connectivity index is 2.54. The number of rotatable bonds is 3. The van der Waals surface area contributed by atoms with E-state index in [4.69, 9.17) is 0 Å². The second-order valence-corrected chi connectivity index (χ2v) is 6.31. The van der Waals surface area contributed by atoms with Crippen LogP contribution in [0.5, 0.6) is 0 Å². The van der Waals surface area contributed by atoms with E-state index in [0.717, 1.165) is 16.4 Å². The Morgan fingerprint density at radius 2 is 2.14 bits per heavy atom. The molecule has 1 saturated heterocycles. The SMILES string of the molecule is CC1C(=O)NCCN1S(=O)(=O)c1ccc(F)cc1[N+](=O)[O-]. The molecule has 1 heterocycles. The molecule has 10 heteroatoms. The maximum absolute atomic E-state index is 13.1. The van der Waals surface area contributed by atoms with Gasteiger partial charge in [-0.3, -0.25) is 14.9 Å². The first-order chi connectivity index (χ1) is 9.75. The summed E-state index contributed by atoms with van der Waals surface area (Å²) in [4.78, 5) is 20.9. The van der Waals surface area contributed by atoms with Crippen molar-refractivity contribution in [1.82, 2.24) is 9.62 Å². The van der Waals surface area contributed by atoms with Crippen molar-refractivity contribution in [3.05, 3.63) is 34.1 Å². The number of sulfonamides is 1. The summed E-state index contributed by atoms with van der Waals surface area (Å²) in [5.74, 6) is -1.40. The van der Waals surface area contributed by atoms with Gasteiger partial charge in [0, 0.05) is 13.1 Å². The first-order valence-corrected chi connectivity index (χ1v) is 7.42. The lowest BCUT2D eigenvalue weighted by molar-refractivity contribution is -0.388. The van der Waals surface area contributed by atoms with Crippen LogP contribution in [0.25, 0.3) is 0 Å². The van der Waals surface area contributed by atoms with E-state index in [1.165, 1.54) is 6.92 Å². The number of carbonyl (C=O) groups excluding carboxylic acids is 1. The minimum atomic E-state index is -4.27. The predicted octanol–water partition coefficient (Wildman–Crippen LogP) is 0.243. The molecule has 1 unspecified atom stereocenters. The quantitative estimate of drug-likeness (QED) is 0.634. The van der Waals surface area contributed by atoms with Crippen LogP contribution in [-0.2, 0) is 14.8 Å². The molecule has 0 radical (unpaired) electrons. The second-order valence-electron chi connectivity index (χ2n) is 4.45. The minimum Gasteiger partial charge on any atom is -0.353 e. The summed E-state index contributed by atoms with van der Waals surface area (Å²) in [5, 5.41) is 13.4. The number of hydrogen-bond donors (Lipinski definition) is 1. The molecule has 0 saturated carbocycles. The number of halogens is 1. The Kier molecular flexibility index (Phi) is 3.92. The summed E-state index contributed by atoms with van der Waals surface area (Å²) in [6, 6.07) is 1.21. The Bertz CT molecular complexity index is 706. The van der Waals surface area contributed by atoms with Gasteiger partial charge in [-0.15, -0.1) is 0 Å². The van der Waals surface area contributed by atoms with E-state index in [2.05, 4.69) is 5.32 Å². The molecule has 1 aromatic rings. The summed E-state index contributed by atoms with van der Waals surface area (Å²) >= 11 is 0. The highest BCUT2D eigenvalue weighted by molar-refractivity contribution is 7.89. The normalized spacial score (nSPS) is 20.1. The standard InChI is InChI=1S/C11H12FN3O5S/c1-7-11(16)13-4-5-14(7)21(19,20)10-3-2-8(12)6-9(10)15(17)18/h2-3,6-7H,4-5H2,1H3,(H,13,16). The number of amides is 1. The van der Waals surface area contributed by atoms with Gasteiger partial charge in [0.15, 0.2) is 4.90 Å². The van der Waals surface area contributed by atoms with Crippen LogP contribution in [0.4, 0.5) is 10.1 Å². The molecule has 0 spiro atoms.